The van der Waals surface area contributed by atoms with E-state index in [-0.39, 0.29) is 12.5 Å². The lowest BCUT2D eigenvalue weighted by Crippen LogP contribution is -2.43. The van der Waals surface area contributed by atoms with Gasteiger partial charge in [0.1, 0.15) is 12.6 Å². The Morgan fingerprint density at radius 3 is 2.59 bits per heavy atom. The van der Waals surface area contributed by atoms with Gasteiger partial charge in [-0.25, -0.2) is 4.79 Å². The SMILES string of the molecule is C=CCN(CC=C)C(=O)CN1C(=O)N[C@H](Cc2c[nH]c3ccccc23)C1=O. The van der Waals surface area contributed by atoms with Crippen LogP contribution in [0.25, 0.3) is 10.9 Å². The van der Waals surface area contributed by atoms with Gasteiger partial charge in [-0.15, -0.1) is 13.2 Å². The van der Waals surface area contributed by atoms with Crippen LogP contribution in [0.4, 0.5) is 4.79 Å². The number of hydrogen-bond donors (Lipinski definition) is 2. The van der Waals surface area contributed by atoms with Gasteiger partial charge in [-0.3, -0.25) is 14.5 Å². The smallest absolute Gasteiger partial charge is 0.325 e. The lowest BCUT2D eigenvalue weighted by atomic mass is 10.1. The van der Waals surface area contributed by atoms with E-state index in [1.54, 1.807) is 12.2 Å². The van der Waals surface area contributed by atoms with E-state index in [0.717, 1.165) is 21.4 Å². The summed E-state index contributed by atoms with van der Waals surface area (Å²) in [6, 6.07) is 6.54. The maximum Gasteiger partial charge on any atom is 0.325 e. The number of urea groups is 1. The molecule has 2 heterocycles. The number of rotatable bonds is 8. The molecule has 27 heavy (non-hydrogen) atoms. The summed E-state index contributed by atoms with van der Waals surface area (Å²) in [6.45, 7) is 7.59. The molecule has 1 saturated heterocycles. The Kier molecular flexibility index (Phi) is 5.40. The number of carbonyl (C=O) groups excluding carboxylic acids is 3. The summed E-state index contributed by atoms with van der Waals surface area (Å²) in [5.41, 5.74) is 1.91. The summed E-state index contributed by atoms with van der Waals surface area (Å²) >= 11 is 0. The summed E-state index contributed by atoms with van der Waals surface area (Å²) in [7, 11) is 0. The van der Waals surface area contributed by atoms with Crippen LogP contribution in [0.15, 0.2) is 55.8 Å². The van der Waals surface area contributed by atoms with E-state index >= 15 is 0 Å². The minimum atomic E-state index is -0.684. The van der Waals surface area contributed by atoms with E-state index in [4.69, 9.17) is 0 Å². The molecule has 0 unspecified atom stereocenters. The Balaban J connectivity index is 1.70. The van der Waals surface area contributed by atoms with Crippen molar-refractivity contribution in [3.63, 3.8) is 0 Å². The van der Waals surface area contributed by atoms with Crippen LogP contribution in [0.3, 0.4) is 0 Å². The van der Waals surface area contributed by atoms with Gasteiger partial charge in [-0.1, -0.05) is 30.4 Å². The van der Waals surface area contributed by atoms with E-state index in [9.17, 15) is 14.4 Å². The Morgan fingerprint density at radius 2 is 1.89 bits per heavy atom. The Bertz CT molecular complexity index is 892. The first-order valence-corrected chi connectivity index (χ1v) is 8.71. The quantitative estimate of drug-likeness (QED) is 0.552. The van der Waals surface area contributed by atoms with Crippen molar-refractivity contribution in [1.82, 2.24) is 20.1 Å². The highest BCUT2D eigenvalue weighted by Gasteiger charge is 2.39. The lowest BCUT2D eigenvalue weighted by Gasteiger charge is -2.21. The summed E-state index contributed by atoms with van der Waals surface area (Å²) in [5.74, 6) is -0.721. The molecule has 1 atom stereocenters. The Hall–Kier alpha value is -3.35. The third-order valence-corrected chi connectivity index (χ3v) is 4.55. The molecule has 1 aromatic carbocycles. The van der Waals surface area contributed by atoms with Crippen molar-refractivity contribution >= 4 is 28.7 Å². The fraction of sp³-hybridized carbons (Fsp3) is 0.250. The average Bonchev–Trinajstić information content (AvgIpc) is 3.18. The van der Waals surface area contributed by atoms with Crippen LogP contribution in [0.5, 0.6) is 0 Å². The standard InChI is InChI=1S/C20H22N4O3/c1-3-9-23(10-4-2)18(25)13-24-19(26)17(22-20(24)27)11-14-12-21-16-8-6-5-7-15(14)16/h3-8,12,17,21H,1-2,9-11,13H2,(H,22,27)/t17-/m1/s1. The highest BCUT2D eigenvalue weighted by Crippen LogP contribution is 2.21. The molecule has 0 spiro atoms. The molecule has 1 aromatic heterocycles. The molecule has 3 rings (SSSR count). The van der Waals surface area contributed by atoms with Gasteiger partial charge in [-0.2, -0.15) is 0 Å². The zero-order valence-corrected chi connectivity index (χ0v) is 15.0. The molecule has 4 amide bonds. The van der Waals surface area contributed by atoms with Crippen LogP contribution in [-0.4, -0.2) is 58.3 Å². The van der Waals surface area contributed by atoms with Crippen molar-refractivity contribution in [2.24, 2.45) is 0 Å². The number of nitrogens with zero attached hydrogens (tertiary/aromatic N) is 2. The van der Waals surface area contributed by atoms with Gasteiger partial charge in [-0.05, 0) is 11.6 Å². The molecule has 1 aliphatic rings. The fourth-order valence-corrected chi connectivity index (χ4v) is 3.21. The van der Waals surface area contributed by atoms with Crippen molar-refractivity contribution < 1.29 is 14.4 Å². The second kappa shape index (κ2) is 7.90. The molecular weight excluding hydrogens is 344 g/mol. The minimum absolute atomic E-state index is 0.295. The molecule has 0 aliphatic carbocycles. The molecule has 0 radical (unpaired) electrons. The number of carbonyl (C=O) groups is 3. The lowest BCUT2D eigenvalue weighted by molar-refractivity contribution is -0.136. The largest absolute Gasteiger partial charge is 0.361 e. The predicted molar refractivity (Wildman–Crippen MR) is 103 cm³/mol. The molecule has 1 fully saturated rings. The topological polar surface area (TPSA) is 85.5 Å². The van der Waals surface area contributed by atoms with Crippen molar-refractivity contribution in [2.75, 3.05) is 19.6 Å². The summed E-state index contributed by atoms with van der Waals surface area (Å²) in [6.07, 6.45) is 5.39. The summed E-state index contributed by atoms with van der Waals surface area (Å²) in [5, 5.41) is 3.69. The van der Waals surface area contributed by atoms with Crippen LogP contribution in [0.2, 0.25) is 0 Å². The Labute approximate surface area is 157 Å². The number of H-pyrrole nitrogens is 1. The van der Waals surface area contributed by atoms with Crippen molar-refractivity contribution in [3.05, 3.63) is 61.3 Å². The van der Waals surface area contributed by atoms with Crippen LogP contribution >= 0.6 is 0 Å². The second-order valence-electron chi connectivity index (χ2n) is 6.37. The number of fused-ring (bicyclic) bond motifs is 1. The van der Waals surface area contributed by atoms with Gasteiger partial charge < -0.3 is 15.2 Å². The van der Waals surface area contributed by atoms with E-state index in [0.29, 0.717) is 19.5 Å². The number of imide groups is 1. The summed E-state index contributed by atoms with van der Waals surface area (Å²) < 4.78 is 0. The summed E-state index contributed by atoms with van der Waals surface area (Å²) in [4.78, 5) is 42.9. The van der Waals surface area contributed by atoms with E-state index < -0.39 is 18.0 Å². The number of amides is 4. The highest BCUT2D eigenvalue weighted by atomic mass is 16.2. The highest BCUT2D eigenvalue weighted by molar-refractivity contribution is 6.06. The first-order chi connectivity index (χ1) is 13.0. The zero-order valence-electron chi connectivity index (χ0n) is 15.0. The number of nitrogens with one attached hydrogen (secondary N) is 2. The van der Waals surface area contributed by atoms with Crippen LogP contribution in [0.1, 0.15) is 5.56 Å². The van der Waals surface area contributed by atoms with Gasteiger partial charge in [0.15, 0.2) is 0 Å². The molecule has 0 bridgehead atoms. The molecule has 1 aliphatic heterocycles. The zero-order chi connectivity index (χ0) is 19.4. The van der Waals surface area contributed by atoms with Gasteiger partial charge in [0.05, 0.1) is 0 Å². The second-order valence-corrected chi connectivity index (χ2v) is 6.37. The normalized spacial score (nSPS) is 16.4. The van der Waals surface area contributed by atoms with E-state index in [1.165, 1.54) is 4.90 Å². The predicted octanol–water partition coefficient (Wildman–Crippen LogP) is 1.83. The third-order valence-electron chi connectivity index (χ3n) is 4.55. The van der Waals surface area contributed by atoms with Gasteiger partial charge in [0.25, 0.3) is 5.91 Å². The molecule has 2 N–H and O–H groups in total. The first kappa shape index (κ1) is 18.4. The average molecular weight is 366 g/mol. The third kappa shape index (κ3) is 3.76. The van der Waals surface area contributed by atoms with Crippen LogP contribution < -0.4 is 5.32 Å². The van der Waals surface area contributed by atoms with Crippen LogP contribution in [-0.2, 0) is 16.0 Å². The number of para-hydroxylation sites is 1. The molecule has 0 saturated carbocycles. The minimum Gasteiger partial charge on any atom is -0.361 e. The number of aromatic amines is 1. The maximum absolute atomic E-state index is 12.7. The van der Waals surface area contributed by atoms with Crippen molar-refractivity contribution in [1.29, 1.82) is 0 Å². The molecule has 2 aromatic rings. The first-order valence-electron chi connectivity index (χ1n) is 8.71. The molecule has 140 valence electrons. The van der Waals surface area contributed by atoms with Crippen molar-refractivity contribution in [3.8, 4) is 0 Å². The van der Waals surface area contributed by atoms with E-state index in [2.05, 4.69) is 23.5 Å². The number of hydrogen-bond acceptors (Lipinski definition) is 3. The van der Waals surface area contributed by atoms with Crippen molar-refractivity contribution in [2.45, 2.75) is 12.5 Å². The van der Waals surface area contributed by atoms with Gasteiger partial charge in [0.2, 0.25) is 5.91 Å². The monoisotopic (exact) mass is 366 g/mol. The van der Waals surface area contributed by atoms with Gasteiger partial charge in [0, 0.05) is 36.6 Å². The van der Waals surface area contributed by atoms with E-state index in [1.807, 2.05) is 30.5 Å². The maximum atomic E-state index is 12.7. The molecular formula is C20H22N4O3. The number of benzene rings is 1. The molecule has 7 nitrogen and oxygen atoms in total. The fourth-order valence-electron chi connectivity index (χ4n) is 3.21. The van der Waals surface area contributed by atoms with Crippen LogP contribution in [0, 0.1) is 0 Å². The number of aromatic nitrogens is 1. The molecule has 7 heteroatoms. The van der Waals surface area contributed by atoms with Gasteiger partial charge >= 0.3 is 6.03 Å². The Morgan fingerprint density at radius 1 is 1.19 bits per heavy atom.